The molecule has 0 heterocycles. The second-order valence-electron chi connectivity index (χ2n) is 4.85. The number of nitrogens with zero attached hydrogens (tertiary/aromatic N) is 1. The molecule has 0 aliphatic heterocycles. The van der Waals surface area contributed by atoms with Crippen LogP contribution >= 0.6 is 11.6 Å². The molecule has 1 aromatic rings. The minimum absolute atomic E-state index is 0.0389. The maximum Gasteiger partial charge on any atom is 0.243 e. The highest BCUT2D eigenvalue weighted by Crippen LogP contribution is 2.26. The van der Waals surface area contributed by atoms with Crippen LogP contribution in [0, 0.1) is 12.7 Å². The van der Waals surface area contributed by atoms with Crippen molar-refractivity contribution < 1.29 is 17.5 Å². The summed E-state index contributed by atoms with van der Waals surface area (Å²) in [4.78, 5) is -0.0389. The van der Waals surface area contributed by atoms with Crippen molar-refractivity contribution in [3.05, 3.63) is 29.1 Å². The number of halogens is 2. The van der Waals surface area contributed by atoms with Gasteiger partial charge in [0.2, 0.25) is 10.0 Å². The first-order chi connectivity index (χ1) is 9.79. The molecule has 0 aromatic heterocycles. The second kappa shape index (κ2) is 7.54. The van der Waals surface area contributed by atoms with Crippen LogP contribution < -0.4 is 0 Å². The van der Waals surface area contributed by atoms with E-state index in [9.17, 15) is 12.8 Å². The number of hydrogen-bond donors (Lipinski definition) is 0. The van der Waals surface area contributed by atoms with Crippen molar-refractivity contribution in [2.24, 2.45) is 0 Å². The van der Waals surface area contributed by atoms with Crippen LogP contribution in [0.5, 0.6) is 0 Å². The Bertz CT molecular complexity index is 592. The Labute approximate surface area is 130 Å². The topological polar surface area (TPSA) is 46.6 Å². The Hall–Kier alpha value is -0.690. The van der Waals surface area contributed by atoms with Gasteiger partial charge in [-0.15, -0.1) is 11.6 Å². The molecule has 4 nitrogen and oxygen atoms in total. The van der Waals surface area contributed by atoms with Gasteiger partial charge in [-0.25, -0.2) is 12.8 Å². The Balaban J connectivity index is 3.38. The Morgan fingerprint density at radius 1 is 1.43 bits per heavy atom. The molecule has 0 saturated heterocycles. The molecule has 0 N–H and O–H groups in total. The number of sulfonamides is 1. The molecule has 1 aromatic carbocycles. The van der Waals surface area contributed by atoms with E-state index in [0.717, 1.165) is 0 Å². The van der Waals surface area contributed by atoms with Gasteiger partial charge in [-0.2, -0.15) is 4.31 Å². The van der Waals surface area contributed by atoms with Crippen LogP contribution in [0.3, 0.4) is 0 Å². The normalized spacial score (nSPS) is 13.7. The molecule has 0 bridgehead atoms. The van der Waals surface area contributed by atoms with Crippen LogP contribution in [0.15, 0.2) is 17.0 Å². The summed E-state index contributed by atoms with van der Waals surface area (Å²) in [6.45, 7) is 5.49. The highest BCUT2D eigenvalue weighted by molar-refractivity contribution is 7.89. The first kappa shape index (κ1) is 18.4. The minimum Gasteiger partial charge on any atom is -0.383 e. The molecular formula is C14H21ClFNO3S. The first-order valence-corrected chi connectivity index (χ1v) is 8.62. The fraction of sp³-hybridized carbons (Fsp3) is 0.571. The van der Waals surface area contributed by atoms with Crippen LogP contribution in [-0.2, 0) is 20.6 Å². The number of ether oxygens (including phenoxy) is 1. The lowest BCUT2D eigenvalue weighted by atomic mass is 10.1. The van der Waals surface area contributed by atoms with Crippen LogP contribution in [0.4, 0.5) is 4.39 Å². The van der Waals surface area contributed by atoms with Gasteiger partial charge in [-0.05, 0) is 31.5 Å². The zero-order valence-electron chi connectivity index (χ0n) is 12.7. The molecule has 0 radical (unpaired) electrons. The van der Waals surface area contributed by atoms with Crippen LogP contribution in [0.2, 0.25) is 0 Å². The smallest absolute Gasteiger partial charge is 0.243 e. The van der Waals surface area contributed by atoms with E-state index in [4.69, 9.17) is 16.3 Å². The minimum atomic E-state index is -3.80. The van der Waals surface area contributed by atoms with Gasteiger partial charge in [0.1, 0.15) is 5.82 Å². The molecule has 0 amide bonds. The number of hydrogen-bond acceptors (Lipinski definition) is 3. The molecule has 0 aliphatic carbocycles. The monoisotopic (exact) mass is 337 g/mol. The quantitative estimate of drug-likeness (QED) is 0.719. The number of likely N-dealkylation sites (N-methyl/N-ethyl adjacent to an activating group) is 1. The first-order valence-electron chi connectivity index (χ1n) is 6.65. The molecule has 0 spiro atoms. The van der Waals surface area contributed by atoms with E-state index in [0.29, 0.717) is 5.56 Å². The molecule has 0 fully saturated rings. The lowest BCUT2D eigenvalue weighted by Gasteiger charge is -2.27. The number of methoxy groups -OCH3 is 1. The van der Waals surface area contributed by atoms with Crippen LogP contribution in [0.1, 0.15) is 25.0 Å². The highest BCUT2D eigenvalue weighted by Gasteiger charge is 2.30. The van der Waals surface area contributed by atoms with Crippen molar-refractivity contribution in [1.29, 1.82) is 0 Å². The molecule has 1 unspecified atom stereocenters. The number of rotatable bonds is 7. The van der Waals surface area contributed by atoms with Gasteiger partial charge in [0.15, 0.2) is 0 Å². The maximum absolute atomic E-state index is 13.9. The summed E-state index contributed by atoms with van der Waals surface area (Å²) >= 11 is 5.70. The zero-order valence-corrected chi connectivity index (χ0v) is 14.3. The average molecular weight is 338 g/mol. The fourth-order valence-electron chi connectivity index (χ4n) is 2.22. The third kappa shape index (κ3) is 3.94. The van der Waals surface area contributed by atoms with Crippen LogP contribution in [-0.4, -0.2) is 39.0 Å². The Morgan fingerprint density at radius 2 is 2.05 bits per heavy atom. The number of alkyl halides is 1. The summed E-state index contributed by atoms with van der Waals surface area (Å²) in [5.74, 6) is -0.512. The number of benzene rings is 1. The van der Waals surface area contributed by atoms with Crippen molar-refractivity contribution in [2.45, 2.75) is 37.6 Å². The van der Waals surface area contributed by atoms with E-state index >= 15 is 0 Å². The van der Waals surface area contributed by atoms with E-state index in [-0.39, 0.29) is 35.5 Å². The predicted octanol–water partition coefficient (Wildman–Crippen LogP) is 2.92. The SMILES string of the molecule is CCN(C(C)COC)S(=O)(=O)c1cc(CCl)cc(F)c1C. The van der Waals surface area contributed by atoms with E-state index in [1.165, 1.54) is 30.5 Å². The standard InChI is InChI=1S/C14H21ClFNO3S/c1-5-17(10(2)9-20-4)21(18,19)14-7-12(8-15)6-13(16)11(14)3/h6-7,10H,5,8-9H2,1-4H3. The van der Waals surface area contributed by atoms with Crippen molar-refractivity contribution in [3.8, 4) is 0 Å². The molecule has 0 saturated carbocycles. The second-order valence-corrected chi connectivity index (χ2v) is 6.97. The van der Waals surface area contributed by atoms with Crippen molar-refractivity contribution >= 4 is 21.6 Å². The summed E-state index contributed by atoms with van der Waals surface area (Å²) in [6.07, 6.45) is 0. The van der Waals surface area contributed by atoms with Gasteiger partial charge >= 0.3 is 0 Å². The Morgan fingerprint density at radius 3 is 2.52 bits per heavy atom. The third-order valence-corrected chi connectivity index (χ3v) is 5.83. The summed E-state index contributed by atoms with van der Waals surface area (Å²) < 4.78 is 45.8. The van der Waals surface area contributed by atoms with Gasteiger partial charge in [-0.1, -0.05) is 6.92 Å². The van der Waals surface area contributed by atoms with E-state index in [1.807, 2.05) is 0 Å². The van der Waals surface area contributed by atoms with Crippen molar-refractivity contribution in [1.82, 2.24) is 4.31 Å². The van der Waals surface area contributed by atoms with E-state index < -0.39 is 15.8 Å². The van der Waals surface area contributed by atoms with Gasteiger partial charge in [0, 0.05) is 31.1 Å². The molecular weight excluding hydrogens is 317 g/mol. The fourth-order valence-corrected chi connectivity index (χ4v) is 4.29. The molecule has 120 valence electrons. The molecule has 7 heteroatoms. The largest absolute Gasteiger partial charge is 0.383 e. The lowest BCUT2D eigenvalue weighted by molar-refractivity contribution is 0.142. The van der Waals surface area contributed by atoms with Crippen molar-refractivity contribution in [2.75, 3.05) is 20.3 Å². The molecule has 0 aliphatic rings. The summed E-state index contributed by atoms with van der Waals surface area (Å²) in [5, 5.41) is 0. The van der Waals surface area contributed by atoms with Gasteiger partial charge < -0.3 is 4.74 Å². The molecule has 1 rings (SSSR count). The van der Waals surface area contributed by atoms with Crippen LogP contribution in [0.25, 0.3) is 0 Å². The summed E-state index contributed by atoms with van der Waals surface area (Å²) in [6, 6.07) is 2.35. The summed E-state index contributed by atoms with van der Waals surface area (Å²) in [7, 11) is -2.29. The van der Waals surface area contributed by atoms with E-state index in [2.05, 4.69) is 0 Å². The third-order valence-electron chi connectivity index (χ3n) is 3.31. The maximum atomic E-state index is 13.9. The average Bonchev–Trinajstić information content (AvgIpc) is 2.42. The lowest BCUT2D eigenvalue weighted by Crippen LogP contribution is -2.41. The predicted molar refractivity (Wildman–Crippen MR) is 81.6 cm³/mol. The molecule has 1 atom stereocenters. The zero-order chi connectivity index (χ0) is 16.2. The van der Waals surface area contributed by atoms with Gasteiger partial charge in [-0.3, -0.25) is 0 Å². The molecule has 21 heavy (non-hydrogen) atoms. The highest BCUT2D eigenvalue weighted by atomic mass is 35.5. The van der Waals surface area contributed by atoms with Crippen molar-refractivity contribution in [3.63, 3.8) is 0 Å². The van der Waals surface area contributed by atoms with E-state index in [1.54, 1.807) is 13.8 Å². The van der Waals surface area contributed by atoms with Gasteiger partial charge in [0.05, 0.1) is 11.5 Å². The summed E-state index contributed by atoms with van der Waals surface area (Å²) in [5.41, 5.74) is 0.542. The Kier molecular flexibility index (Phi) is 6.59. The van der Waals surface area contributed by atoms with Gasteiger partial charge in [0.25, 0.3) is 0 Å².